The van der Waals surface area contributed by atoms with Crippen LogP contribution in [0.5, 0.6) is 0 Å². The smallest absolute Gasteiger partial charge is 0.236 e. The zero-order valence-electron chi connectivity index (χ0n) is 17.5. The number of aromatic nitrogens is 3. The lowest BCUT2D eigenvalue weighted by Crippen LogP contribution is -2.16. The fourth-order valence-corrected chi connectivity index (χ4v) is 4.49. The molecule has 0 radical (unpaired) electrons. The summed E-state index contributed by atoms with van der Waals surface area (Å²) in [5.74, 6) is 1.51. The summed E-state index contributed by atoms with van der Waals surface area (Å²) in [4.78, 5) is 9.89. The molecule has 5 rings (SSSR count). The summed E-state index contributed by atoms with van der Waals surface area (Å²) < 4.78 is 2.00. The number of rotatable bonds is 5. The maximum Gasteiger partial charge on any atom is 0.236 e. The van der Waals surface area contributed by atoms with Crippen LogP contribution in [0.15, 0.2) is 54.6 Å². The Morgan fingerprint density at radius 2 is 1.81 bits per heavy atom. The molecular weight excluding hydrogens is 388 g/mol. The third kappa shape index (κ3) is 3.69. The van der Waals surface area contributed by atoms with Gasteiger partial charge in [-0.1, -0.05) is 42.5 Å². The summed E-state index contributed by atoms with van der Waals surface area (Å²) in [6.07, 6.45) is 2.70. The van der Waals surface area contributed by atoms with Crippen LogP contribution < -0.4 is 5.32 Å². The largest absolute Gasteiger partial charge is 0.366 e. The number of hydrogen-bond acceptors (Lipinski definition) is 5. The molecule has 0 amide bonds. The average molecular weight is 415 g/mol. The van der Waals surface area contributed by atoms with Crippen molar-refractivity contribution in [3.8, 4) is 5.95 Å². The highest BCUT2D eigenvalue weighted by molar-refractivity contribution is 5.86. The predicted molar refractivity (Wildman–Crippen MR) is 121 cm³/mol. The second-order valence-electron chi connectivity index (χ2n) is 8.12. The number of anilines is 1. The van der Waals surface area contributed by atoms with E-state index in [4.69, 9.17) is 9.97 Å². The maximum atomic E-state index is 9.78. The van der Waals surface area contributed by atoms with Gasteiger partial charge in [-0.25, -0.2) is 4.98 Å². The topological polar surface area (TPSA) is 83.2 Å². The van der Waals surface area contributed by atoms with Crippen molar-refractivity contribution in [3.05, 3.63) is 82.7 Å². The van der Waals surface area contributed by atoms with Gasteiger partial charge >= 0.3 is 0 Å². The minimum absolute atomic E-state index is 0.486. The fraction of sp³-hybridized carbons (Fsp3) is 0.280. The van der Waals surface area contributed by atoms with Crippen molar-refractivity contribution in [2.24, 2.45) is 0 Å². The molecule has 2 aromatic heterocycles. The van der Waals surface area contributed by atoms with E-state index in [1.807, 2.05) is 47.9 Å². The molecular formula is C25H26N4O2. The maximum absolute atomic E-state index is 9.78. The number of nitrogens with one attached hydrogen (secondary N) is 1. The van der Waals surface area contributed by atoms with Crippen LogP contribution in [0, 0.1) is 6.92 Å². The van der Waals surface area contributed by atoms with Gasteiger partial charge < -0.3 is 15.5 Å². The summed E-state index contributed by atoms with van der Waals surface area (Å²) in [6, 6.07) is 17.8. The van der Waals surface area contributed by atoms with Gasteiger partial charge in [-0.15, -0.1) is 0 Å². The van der Waals surface area contributed by atoms with Crippen LogP contribution in [-0.2, 0) is 19.4 Å². The van der Waals surface area contributed by atoms with Crippen molar-refractivity contribution in [1.82, 2.24) is 14.5 Å². The molecule has 1 aliphatic carbocycles. The molecule has 4 aromatic rings. The average Bonchev–Trinajstić information content (AvgIpc) is 3.13. The molecule has 2 heterocycles. The molecule has 0 bridgehead atoms. The molecule has 158 valence electrons. The molecule has 6 heteroatoms. The van der Waals surface area contributed by atoms with Crippen LogP contribution >= 0.6 is 0 Å². The molecule has 0 atom stereocenters. The van der Waals surface area contributed by atoms with Crippen molar-refractivity contribution < 1.29 is 10.2 Å². The summed E-state index contributed by atoms with van der Waals surface area (Å²) in [5.41, 5.74) is 5.83. The van der Waals surface area contributed by atoms with Crippen molar-refractivity contribution in [1.29, 1.82) is 0 Å². The zero-order chi connectivity index (χ0) is 21.4. The molecule has 0 saturated carbocycles. The van der Waals surface area contributed by atoms with E-state index in [0.29, 0.717) is 18.1 Å². The van der Waals surface area contributed by atoms with Crippen molar-refractivity contribution in [2.45, 2.75) is 45.4 Å². The molecule has 1 aliphatic rings. The van der Waals surface area contributed by atoms with Gasteiger partial charge in [0, 0.05) is 28.8 Å². The number of aryl methyl sites for hydroxylation is 2. The lowest BCUT2D eigenvalue weighted by molar-refractivity contribution is -0.0413. The minimum Gasteiger partial charge on any atom is -0.366 e. The Kier molecular flexibility index (Phi) is 5.18. The van der Waals surface area contributed by atoms with Crippen molar-refractivity contribution in [2.75, 3.05) is 5.32 Å². The number of hydrogen-bond donors (Lipinski definition) is 3. The second-order valence-corrected chi connectivity index (χ2v) is 8.12. The van der Waals surface area contributed by atoms with Gasteiger partial charge in [-0.05, 0) is 50.3 Å². The third-order valence-electron chi connectivity index (χ3n) is 6.02. The molecule has 0 spiro atoms. The van der Waals surface area contributed by atoms with E-state index in [2.05, 4.69) is 17.4 Å². The molecule has 0 aliphatic heterocycles. The Balaban J connectivity index is 1.62. The zero-order valence-corrected chi connectivity index (χ0v) is 17.5. The predicted octanol–water partition coefficient (Wildman–Crippen LogP) is 4.20. The standard InChI is InChI=1S/C25H26N4O2/c1-16-14-20-18(24(30)31)11-7-13-22(20)29(16)25-27-21-12-6-5-10-19(21)23(28-25)26-15-17-8-3-2-4-9-17/h2-4,7-9,11,13-14,24,30-31H,5-6,10,12,15H2,1H3,(H,26,27,28). The lowest BCUT2D eigenvalue weighted by Gasteiger charge is -2.21. The third-order valence-corrected chi connectivity index (χ3v) is 6.02. The molecule has 0 unspecified atom stereocenters. The van der Waals surface area contributed by atoms with Gasteiger partial charge in [-0.2, -0.15) is 4.98 Å². The van der Waals surface area contributed by atoms with Gasteiger partial charge in [0.1, 0.15) is 5.82 Å². The first-order valence-corrected chi connectivity index (χ1v) is 10.8. The van der Waals surface area contributed by atoms with E-state index >= 15 is 0 Å². The number of benzene rings is 2. The molecule has 6 nitrogen and oxygen atoms in total. The van der Waals surface area contributed by atoms with E-state index in [1.54, 1.807) is 6.07 Å². The molecule has 0 fully saturated rings. The monoisotopic (exact) mass is 414 g/mol. The highest BCUT2D eigenvalue weighted by Gasteiger charge is 2.21. The first kappa shape index (κ1) is 19.7. The number of aliphatic hydroxyl groups is 2. The number of fused-ring (bicyclic) bond motifs is 2. The highest BCUT2D eigenvalue weighted by Crippen LogP contribution is 2.31. The Labute approximate surface area is 181 Å². The van der Waals surface area contributed by atoms with Crippen molar-refractivity contribution >= 4 is 16.7 Å². The van der Waals surface area contributed by atoms with Crippen molar-refractivity contribution in [3.63, 3.8) is 0 Å². The van der Waals surface area contributed by atoms with E-state index in [0.717, 1.165) is 53.8 Å². The highest BCUT2D eigenvalue weighted by atomic mass is 16.5. The number of nitrogens with zero attached hydrogens (tertiary/aromatic N) is 3. The van der Waals surface area contributed by atoms with E-state index in [-0.39, 0.29) is 0 Å². The summed E-state index contributed by atoms with van der Waals surface area (Å²) >= 11 is 0. The van der Waals surface area contributed by atoms with E-state index in [9.17, 15) is 10.2 Å². The minimum atomic E-state index is -1.52. The van der Waals surface area contributed by atoms with Gasteiger partial charge in [0.05, 0.1) is 11.2 Å². The molecule has 0 saturated heterocycles. The first-order chi connectivity index (χ1) is 15.1. The first-order valence-electron chi connectivity index (χ1n) is 10.8. The SMILES string of the molecule is Cc1cc2c(C(O)O)cccc2n1-c1nc2c(c(NCc3ccccc3)n1)CCCC2. The van der Waals surface area contributed by atoms with Gasteiger partial charge in [-0.3, -0.25) is 4.57 Å². The summed E-state index contributed by atoms with van der Waals surface area (Å²) in [7, 11) is 0. The summed E-state index contributed by atoms with van der Waals surface area (Å²) in [6.45, 7) is 2.70. The van der Waals surface area contributed by atoms with Crippen LogP contribution in [0.25, 0.3) is 16.9 Å². The van der Waals surface area contributed by atoms with Gasteiger partial charge in [0.2, 0.25) is 5.95 Å². The Bertz CT molecular complexity index is 1230. The van der Waals surface area contributed by atoms with Gasteiger partial charge in [0.25, 0.3) is 0 Å². The normalized spacial score (nSPS) is 13.5. The van der Waals surface area contributed by atoms with Crippen LogP contribution in [0.2, 0.25) is 0 Å². The van der Waals surface area contributed by atoms with E-state index in [1.165, 1.54) is 11.1 Å². The Morgan fingerprint density at radius 1 is 1.00 bits per heavy atom. The number of aliphatic hydroxyl groups excluding tert-OH is 1. The molecule has 3 N–H and O–H groups in total. The Hall–Kier alpha value is -3.22. The lowest BCUT2D eigenvalue weighted by atomic mass is 9.96. The summed E-state index contributed by atoms with van der Waals surface area (Å²) in [5, 5.41) is 23.9. The van der Waals surface area contributed by atoms with Crippen LogP contribution in [-0.4, -0.2) is 24.7 Å². The van der Waals surface area contributed by atoms with Crippen LogP contribution in [0.3, 0.4) is 0 Å². The van der Waals surface area contributed by atoms with Crippen LogP contribution in [0.1, 0.15) is 47.2 Å². The van der Waals surface area contributed by atoms with E-state index < -0.39 is 6.29 Å². The fourth-order valence-electron chi connectivity index (χ4n) is 4.49. The molecule has 31 heavy (non-hydrogen) atoms. The second kappa shape index (κ2) is 8.13. The quantitative estimate of drug-likeness (QED) is 0.426. The molecule has 2 aromatic carbocycles. The van der Waals surface area contributed by atoms with Crippen LogP contribution in [0.4, 0.5) is 5.82 Å². The Morgan fingerprint density at radius 3 is 2.61 bits per heavy atom. The van der Waals surface area contributed by atoms with Gasteiger partial charge in [0.15, 0.2) is 6.29 Å².